The molecule has 0 spiro atoms. The zero-order chi connectivity index (χ0) is 14.0. The van der Waals surface area contributed by atoms with E-state index in [1.807, 2.05) is 0 Å². The molecule has 2 rings (SSSR count). The van der Waals surface area contributed by atoms with E-state index in [1.54, 1.807) is 26.0 Å². The van der Waals surface area contributed by atoms with Crippen LogP contribution in [0.1, 0.15) is 24.1 Å². The van der Waals surface area contributed by atoms with Crippen molar-refractivity contribution < 1.29 is 13.2 Å². The zero-order valence-corrected chi connectivity index (χ0v) is 10.7. The van der Waals surface area contributed by atoms with E-state index in [0.717, 1.165) is 6.07 Å². The van der Waals surface area contributed by atoms with Crippen LogP contribution in [0, 0.1) is 24.4 Å². The Morgan fingerprint density at radius 3 is 2.32 bits per heavy atom. The molecule has 0 amide bonds. The zero-order valence-electron chi connectivity index (χ0n) is 10.7. The SMILES string of the molecule is Cc1ccc(NC(C)c2ccc(F)cc2F)cc1F. The van der Waals surface area contributed by atoms with Crippen LogP contribution in [0.2, 0.25) is 0 Å². The molecule has 0 fully saturated rings. The van der Waals surface area contributed by atoms with E-state index in [-0.39, 0.29) is 11.9 Å². The summed E-state index contributed by atoms with van der Waals surface area (Å²) in [7, 11) is 0. The van der Waals surface area contributed by atoms with Crippen molar-refractivity contribution in [3.05, 3.63) is 65.0 Å². The van der Waals surface area contributed by atoms with Crippen molar-refractivity contribution in [2.24, 2.45) is 0 Å². The lowest BCUT2D eigenvalue weighted by Gasteiger charge is -2.16. The molecule has 0 saturated carbocycles. The Morgan fingerprint density at radius 1 is 0.947 bits per heavy atom. The molecule has 2 aromatic carbocycles. The van der Waals surface area contributed by atoms with Crippen LogP contribution in [-0.2, 0) is 0 Å². The maximum atomic E-state index is 13.6. The lowest BCUT2D eigenvalue weighted by Crippen LogP contribution is -2.09. The van der Waals surface area contributed by atoms with Crippen LogP contribution in [-0.4, -0.2) is 0 Å². The van der Waals surface area contributed by atoms with Crippen LogP contribution in [0.25, 0.3) is 0 Å². The third kappa shape index (κ3) is 3.08. The highest BCUT2D eigenvalue weighted by molar-refractivity contribution is 5.47. The van der Waals surface area contributed by atoms with Crippen molar-refractivity contribution in [2.75, 3.05) is 5.32 Å². The maximum absolute atomic E-state index is 13.6. The van der Waals surface area contributed by atoms with Crippen LogP contribution in [0.4, 0.5) is 18.9 Å². The van der Waals surface area contributed by atoms with Crippen molar-refractivity contribution in [1.82, 2.24) is 0 Å². The van der Waals surface area contributed by atoms with E-state index in [4.69, 9.17) is 0 Å². The van der Waals surface area contributed by atoms with Gasteiger partial charge < -0.3 is 5.32 Å². The molecule has 4 heteroatoms. The minimum Gasteiger partial charge on any atom is -0.378 e. The highest BCUT2D eigenvalue weighted by atomic mass is 19.1. The Bertz CT molecular complexity index is 596. The number of hydrogen-bond donors (Lipinski definition) is 1. The first-order valence-corrected chi connectivity index (χ1v) is 5.95. The second-order valence-electron chi connectivity index (χ2n) is 4.50. The lowest BCUT2D eigenvalue weighted by molar-refractivity contribution is 0.566. The van der Waals surface area contributed by atoms with Gasteiger partial charge in [-0.05, 0) is 37.6 Å². The van der Waals surface area contributed by atoms with Crippen LogP contribution >= 0.6 is 0 Å². The van der Waals surface area contributed by atoms with Gasteiger partial charge in [0, 0.05) is 17.3 Å². The van der Waals surface area contributed by atoms with Crippen LogP contribution < -0.4 is 5.32 Å². The summed E-state index contributed by atoms with van der Waals surface area (Å²) in [5.74, 6) is -1.56. The number of aryl methyl sites for hydroxylation is 1. The number of halogens is 3. The number of hydrogen-bond acceptors (Lipinski definition) is 1. The molecule has 1 N–H and O–H groups in total. The van der Waals surface area contributed by atoms with Gasteiger partial charge in [-0.2, -0.15) is 0 Å². The summed E-state index contributed by atoms with van der Waals surface area (Å²) in [4.78, 5) is 0. The molecule has 0 aliphatic heterocycles. The minimum absolute atomic E-state index is 0.322. The Labute approximate surface area is 110 Å². The predicted octanol–water partition coefficient (Wildman–Crippen LogP) is 4.59. The first kappa shape index (κ1) is 13.5. The van der Waals surface area contributed by atoms with Gasteiger partial charge in [-0.3, -0.25) is 0 Å². The van der Waals surface area contributed by atoms with Crippen molar-refractivity contribution in [2.45, 2.75) is 19.9 Å². The molecule has 1 unspecified atom stereocenters. The molecular formula is C15H14F3N. The number of benzene rings is 2. The molecule has 2 aromatic rings. The molecule has 100 valence electrons. The normalized spacial score (nSPS) is 12.3. The first-order chi connectivity index (χ1) is 8.97. The molecule has 1 nitrogen and oxygen atoms in total. The van der Waals surface area contributed by atoms with E-state index < -0.39 is 11.6 Å². The van der Waals surface area contributed by atoms with Crippen LogP contribution in [0.3, 0.4) is 0 Å². The monoisotopic (exact) mass is 265 g/mol. The van der Waals surface area contributed by atoms with Gasteiger partial charge in [0.25, 0.3) is 0 Å². The number of rotatable bonds is 3. The molecule has 0 aromatic heterocycles. The molecule has 0 aliphatic rings. The van der Waals surface area contributed by atoms with Gasteiger partial charge in [-0.1, -0.05) is 12.1 Å². The van der Waals surface area contributed by atoms with E-state index in [2.05, 4.69) is 5.32 Å². The quantitative estimate of drug-likeness (QED) is 0.856. The fourth-order valence-electron chi connectivity index (χ4n) is 1.86. The van der Waals surface area contributed by atoms with Crippen molar-refractivity contribution in [1.29, 1.82) is 0 Å². The van der Waals surface area contributed by atoms with E-state index in [0.29, 0.717) is 16.8 Å². The van der Waals surface area contributed by atoms with Gasteiger partial charge in [0.1, 0.15) is 17.5 Å². The molecule has 19 heavy (non-hydrogen) atoms. The molecule has 1 atom stereocenters. The van der Waals surface area contributed by atoms with E-state index >= 15 is 0 Å². The largest absolute Gasteiger partial charge is 0.378 e. The van der Waals surface area contributed by atoms with Gasteiger partial charge in [0.15, 0.2) is 0 Å². The Kier molecular flexibility index (Phi) is 3.79. The predicted molar refractivity (Wildman–Crippen MR) is 69.5 cm³/mol. The average molecular weight is 265 g/mol. The van der Waals surface area contributed by atoms with Gasteiger partial charge in [0.2, 0.25) is 0 Å². The Balaban J connectivity index is 2.20. The fraction of sp³-hybridized carbons (Fsp3) is 0.200. The smallest absolute Gasteiger partial charge is 0.131 e. The fourth-order valence-corrected chi connectivity index (χ4v) is 1.86. The second-order valence-corrected chi connectivity index (χ2v) is 4.50. The number of anilines is 1. The summed E-state index contributed by atoms with van der Waals surface area (Å²) in [6, 6.07) is 7.75. The van der Waals surface area contributed by atoms with Gasteiger partial charge in [-0.15, -0.1) is 0 Å². The molecule has 0 heterocycles. The Morgan fingerprint density at radius 2 is 1.68 bits per heavy atom. The van der Waals surface area contributed by atoms with E-state index in [9.17, 15) is 13.2 Å². The van der Waals surface area contributed by atoms with Gasteiger partial charge >= 0.3 is 0 Å². The van der Waals surface area contributed by atoms with Crippen LogP contribution in [0.5, 0.6) is 0 Å². The summed E-state index contributed by atoms with van der Waals surface area (Å²) in [5.41, 5.74) is 1.44. The van der Waals surface area contributed by atoms with Crippen molar-refractivity contribution >= 4 is 5.69 Å². The van der Waals surface area contributed by atoms with Crippen molar-refractivity contribution in [3.63, 3.8) is 0 Å². The summed E-state index contributed by atoms with van der Waals surface area (Å²) in [6.45, 7) is 3.40. The first-order valence-electron chi connectivity index (χ1n) is 5.95. The van der Waals surface area contributed by atoms with Crippen LogP contribution in [0.15, 0.2) is 36.4 Å². The summed E-state index contributed by atoms with van der Waals surface area (Å²) >= 11 is 0. The summed E-state index contributed by atoms with van der Waals surface area (Å²) in [6.07, 6.45) is 0. The third-order valence-corrected chi connectivity index (χ3v) is 2.98. The molecule has 0 radical (unpaired) electrons. The highest BCUT2D eigenvalue weighted by Crippen LogP contribution is 2.23. The molecule has 0 saturated heterocycles. The average Bonchev–Trinajstić information content (AvgIpc) is 2.33. The maximum Gasteiger partial charge on any atom is 0.131 e. The number of nitrogens with one attached hydrogen (secondary N) is 1. The topological polar surface area (TPSA) is 12.0 Å². The molecule has 0 aliphatic carbocycles. The second kappa shape index (κ2) is 5.34. The van der Waals surface area contributed by atoms with Crippen molar-refractivity contribution in [3.8, 4) is 0 Å². The third-order valence-electron chi connectivity index (χ3n) is 2.98. The minimum atomic E-state index is -0.618. The molecular weight excluding hydrogens is 251 g/mol. The Hall–Kier alpha value is -1.97. The summed E-state index contributed by atoms with van der Waals surface area (Å²) in [5, 5.41) is 2.98. The lowest BCUT2D eigenvalue weighted by atomic mass is 10.1. The standard InChI is InChI=1S/C15H14F3N/c1-9-3-5-12(8-14(9)17)19-10(2)13-6-4-11(16)7-15(13)18/h3-8,10,19H,1-2H3. The van der Waals surface area contributed by atoms with Gasteiger partial charge in [0.05, 0.1) is 6.04 Å². The van der Waals surface area contributed by atoms with Gasteiger partial charge in [-0.25, -0.2) is 13.2 Å². The van der Waals surface area contributed by atoms with E-state index in [1.165, 1.54) is 18.2 Å². The highest BCUT2D eigenvalue weighted by Gasteiger charge is 2.12. The summed E-state index contributed by atoms with van der Waals surface area (Å²) < 4.78 is 39.8. The molecule has 0 bridgehead atoms.